The van der Waals surface area contributed by atoms with E-state index >= 15 is 0 Å². The topological polar surface area (TPSA) is 73.3 Å². The monoisotopic (exact) mass is 542 g/mol. The number of hydrogen-bond donors (Lipinski definition) is 1. The van der Waals surface area contributed by atoms with Crippen LogP contribution in [0.5, 0.6) is 0 Å². The highest BCUT2D eigenvalue weighted by Crippen LogP contribution is 2.25. The Labute approximate surface area is 202 Å². The Morgan fingerprint density at radius 1 is 1.10 bits per heavy atom. The third-order valence-electron chi connectivity index (χ3n) is 6.00. The highest BCUT2D eigenvalue weighted by molar-refractivity contribution is 14.0. The van der Waals surface area contributed by atoms with Gasteiger partial charge < -0.3 is 19.2 Å². The third kappa shape index (κ3) is 6.69. The Balaban J connectivity index is 0.00000272. The van der Waals surface area contributed by atoms with Crippen LogP contribution in [-0.2, 0) is 6.54 Å². The number of rotatable bonds is 7. The molecule has 1 atom stereocenters. The van der Waals surface area contributed by atoms with Crippen LogP contribution in [0.25, 0.3) is 0 Å². The Hall–Kier alpha value is -1.59. The zero-order chi connectivity index (χ0) is 20.6. The van der Waals surface area contributed by atoms with Crippen molar-refractivity contribution in [3.8, 4) is 0 Å². The fourth-order valence-electron chi connectivity index (χ4n) is 4.36. The van der Waals surface area contributed by atoms with Gasteiger partial charge in [0.05, 0.1) is 24.5 Å². The lowest BCUT2D eigenvalue weighted by Gasteiger charge is -2.37. The standard InChI is InChI=1S/C22H34N6O2.HI/c1-2-23-22(28-13-11-26(12-14-28)18-19-8-16-30-25-19)24-17-20(21-7-6-15-29-21)27-9-4-3-5-10-27;/h6-8,15-16,20H,2-5,9-14,17-18H2,1H3,(H,23,24);1H. The quantitative estimate of drug-likeness (QED) is 0.327. The number of nitrogens with zero attached hydrogens (tertiary/aromatic N) is 5. The summed E-state index contributed by atoms with van der Waals surface area (Å²) >= 11 is 0. The molecular formula is C22H35IN6O2. The zero-order valence-corrected chi connectivity index (χ0v) is 20.7. The number of halogens is 1. The maximum absolute atomic E-state index is 5.79. The number of hydrogen-bond acceptors (Lipinski definition) is 6. The highest BCUT2D eigenvalue weighted by Gasteiger charge is 2.25. The van der Waals surface area contributed by atoms with Crippen LogP contribution in [-0.4, -0.2) is 78.2 Å². The number of aromatic nitrogens is 1. The molecule has 2 aromatic rings. The van der Waals surface area contributed by atoms with E-state index in [1.54, 1.807) is 12.5 Å². The van der Waals surface area contributed by atoms with Crippen molar-refractivity contribution >= 4 is 29.9 Å². The van der Waals surface area contributed by atoms with E-state index in [1.807, 2.05) is 12.1 Å². The van der Waals surface area contributed by atoms with Crippen LogP contribution < -0.4 is 5.32 Å². The SMILES string of the molecule is CCNC(=NCC(c1ccco1)N1CCCCC1)N1CCN(Cc2ccon2)CC1.I. The van der Waals surface area contributed by atoms with Gasteiger partial charge in [-0.2, -0.15) is 0 Å². The zero-order valence-electron chi connectivity index (χ0n) is 18.4. The number of nitrogens with one attached hydrogen (secondary N) is 1. The molecule has 9 heteroatoms. The van der Waals surface area contributed by atoms with Crippen LogP contribution in [0.4, 0.5) is 0 Å². The molecule has 172 valence electrons. The Morgan fingerprint density at radius 3 is 2.55 bits per heavy atom. The number of likely N-dealkylation sites (tertiary alicyclic amines) is 1. The fourth-order valence-corrected chi connectivity index (χ4v) is 4.36. The Morgan fingerprint density at radius 2 is 1.90 bits per heavy atom. The van der Waals surface area contributed by atoms with Crippen molar-refractivity contribution in [2.24, 2.45) is 4.99 Å². The molecule has 2 aromatic heterocycles. The van der Waals surface area contributed by atoms with Crippen LogP contribution in [0.15, 0.2) is 44.7 Å². The van der Waals surface area contributed by atoms with Gasteiger partial charge in [-0.05, 0) is 45.0 Å². The van der Waals surface area contributed by atoms with Gasteiger partial charge in [-0.25, -0.2) is 0 Å². The van der Waals surface area contributed by atoms with Gasteiger partial charge in [0.1, 0.15) is 12.0 Å². The maximum atomic E-state index is 5.79. The van der Waals surface area contributed by atoms with Crippen LogP contribution in [0.2, 0.25) is 0 Å². The molecule has 1 unspecified atom stereocenters. The van der Waals surface area contributed by atoms with E-state index in [0.29, 0.717) is 0 Å². The van der Waals surface area contributed by atoms with Crippen molar-refractivity contribution in [1.82, 2.24) is 25.2 Å². The molecule has 1 N–H and O–H groups in total. The van der Waals surface area contributed by atoms with Crippen molar-refractivity contribution in [3.63, 3.8) is 0 Å². The first-order valence-electron chi connectivity index (χ1n) is 11.3. The van der Waals surface area contributed by atoms with Gasteiger partial charge in [0, 0.05) is 45.3 Å². The molecule has 2 saturated heterocycles. The Bertz CT molecular complexity index is 753. The highest BCUT2D eigenvalue weighted by atomic mass is 127. The van der Waals surface area contributed by atoms with E-state index < -0.39 is 0 Å². The van der Waals surface area contributed by atoms with Gasteiger partial charge in [-0.1, -0.05) is 11.6 Å². The second kappa shape index (κ2) is 12.4. The number of furan rings is 1. The average Bonchev–Trinajstić information content (AvgIpc) is 3.49. The summed E-state index contributed by atoms with van der Waals surface area (Å²) in [6, 6.07) is 6.22. The second-order valence-corrected chi connectivity index (χ2v) is 8.08. The summed E-state index contributed by atoms with van der Waals surface area (Å²) in [6.45, 7) is 10.7. The molecule has 31 heavy (non-hydrogen) atoms. The molecular weight excluding hydrogens is 507 g/mol. The van der Waals surface area contributed by atoms with Crippen molar-refractivity contribution < 1.29 is 8.94 Å². The normalized spacial score (nSPS) is 19.8. The molecule has 4 heterocycles. The second-order valence-electron chi connectivity index (χ2n) is 8.08. The first kappa shape index (κ1) is 24.1. The minimum absolute atomic E-state index is 0. The van der Waals surface area contributed by atoms with Gasteiger partial charge in [0.15, 0.2) is 5.96 Å². The summed E-state index contributed by atoms with van der Waals surface area (Å²) in [7, 11) is 0. The van der Waals surface area contributed by atoms with Gasteiger partial charge in [0.25, 0.3) is 0 Å². The smallest absolute Gasteiger partial charge is 0.194 e. The van der Waals surface area contributed by atoms with Crippen LogP contribution in [0.1, 0.15) is 43.7 Å². The van der Waals surface area contributed by atoms with E-state index in [1.165, 1.54) is 19.3 Å². The van der Waals surface area contributed by atoms with Gasteiger partial charge in [-0.15, -0.1) is 24.0 Å². The summed E-state index contributed by atoms with van der Waals surface area (Å²) < 4.78 is 10.7. The molecule has 4 rings (SSSR count). The summed E-state index contributed by atoms with van der Waals surface area (Å²) in [5.74, 6) is 2.03. The molecule has 0 spiro atoms. The molecule has 2 fully saturated rings. The number of piperazine rings is 1. The maximum Gasteiger partial charge on any atom is 0.194 e. The molecule has 2 aliphatic heterocycles. The Kier molecular flexibility index (Phi) is 9.66. The van der Waals surface area contributed by atoms with Crippen LogP contribution in [0.3, 0.4) is 0 Å². The van der Waals surface area contributed by atoms with E-state index in [-0.39, 0.29) is 30.0 Å². The lowest BCUT2D eigenvalue weighted by Crippen LogP contribution is -2.52. The predicted octanol–water partition coefficient (Wildman–Crippen LogP) is 3.20. The van der Waals surface area contributed by atoms with E-state index in [2.05, 4.69) is 38.2 Å². The summed E-state index contributed by atoms with van der Waals surface area (Å²) in [6.07, 6.45) is 7.25. The van der Waals surface area contributed by atoms with Crippen LogP contribution in [0, 0.1) is 0 Å². The molecule has 0 amide bonds. The molecule has 2 aliphatic rings. The fraction of sp³-hybridized carbons (Fsp3) is 0.636. The molecule has 8 nitrogen and oxygen atoms in total. The lowest BCUT2D eigenvalue weighted by molar-refractivity contribution is 0.148. The molecule has 0 aromatic carbocycles. The summed E-state index contributed by atoms with van der Waals surface area (Å²) in [5.41, 5.74) is 0.992. The first-order chi connectivity index (χ1) is 14.8. The predicted molar refractivity (Wildman–Crippen MR) is 132 cm³/mol. The van der Waals surface area contributed by atoms with Crippen molar-refractivity contribution in [2.75, 3.05) is 52.4 Å². The molecule has 0 saturated carbocycles. The average molecular weight is 542 g/mol. The van der Waals surface area contributed by atoms with E-state index in [9.17, 15) is 0 Å². The lowest BCUT2D eigenvalue weighted by atomic mass is 10.1. The minimum Gasteiger partial charge on any atom is -0.468 e. The molecule has 0 aliphatic carbocycles. The number of piperidine rings is 1. The first-order valence-corrected chi connectivity index (χ1v) is 11.3. The van der Waals surface area contributed by atoms with Crippen molar-refractivity contribution in [3.05, 3.63) is 42.2 Å². The number of aliphatic imine (C=N–C) groups is 1. The molecule has 0 bridgehead atoms. The van der Waals surface area contributed by atoms with Gasteiger partial charge in [-0.3, -0.25) is 14.8 Å². The van der Waals surface area contributed by atoms with Crippen LogP contribution >= 0.6 is 24.0 Å². The minimum atomic E-state index is 0. The number of guanidine groups is 1. The van der Waals surface area contributed by atoms with Crippen molar-refractivity contribution in [2.45, 2.75) is 38.8 Å². The van der Waals surface area contributed by atoms with Gasteiger partial charge >= 0.3 is 0 Å². The molecule has 0 radical (unpaired) electrons. The van der Waals surface area contributed by atoms with E-state index in [4.69, 9.17) is 13.9 Å². The van der Waals surface area contributed by atoms with E-state index in [0.717, 1.165) is 76.3 Å². The largest absolute Gasteiger partial charge is 0.468 e. The summed E-state index contributed by atoms with van der Waals surface area (Å²) in [5, 5.41) is 7.53. The third-order valence-corrected chi connectivity index (χ3v) is 6.00. The van der Waals surface area contributed by atoms with Crippen molar-refractivity contribution in [1.29, 1.82) is 0 Å². The summed E-state index contributed by atoms with van der Waals surface area (Å²) in [4.78, 5) is 12.4. The van der Waals surface area contributed by atoms with Gasteiger partial charge in [0.2, 0.25) is 0 Å².